The smallest absolute Gasteiger partial charge is 0.0625 e. The quantitative estimate of drug-likeness (QED) is 0.790. The second kappa shape index (κ2) is 3.78. The first kappa shape index (κ1) is 9.79. The van der Waals surface area contributed by atoms with Gasteiger partial charge in [-0.3, -0.25) is 0 Å². The lowest BCUT2D eigenvalue weighted by Gasteiger charge is -1.98. The monoisotopic (exact) mass is 198 g/mol. The highest BCUT2D eigenvalue weighted by molar-refractivity contribution is 5.85. The molecule has 2 aromatic rings. The van der Waals surface area contributed by atoms with Gasteiger partial charge < -0.3 is 4.98 Å². The predicted octanol–water partition coefficient (Wildman–Crippen LogP) is 3.24. The van der Waals surface area contributed by atoms with E-state index in [1.54, 1.807) is 0 Å². The summed E-state index contributed by atoms with van der Waals surface area (Å²) in [7, 11) is 0. The van der Waals surface area contributed by atoms with Crippen molar-refractivity contribution in [2.45, 2.75) is 26.7 Å². The molecule has 0 saturated carbocycles. The molecule has 0 atom stereocenters. The van der Waals surface area contributed by atoms with Crippen LogP contribution in [0.4, 0.5) is 0 Å². The van der Waals surface area contributed by atoms with Crippen LogP contribution in [0.3, 0.4) is 0 Å². The Bertz CT molecular complexity index is 529. The van der Waals surface area contributed by atoms with Crippen molar-refractivity contribution in [3.8, 4) is 6.07 Å². The first-order valence-electron chi connectivity index (χ1n) is 5.17. The van der Waals surface area contributed by atoms with E-state index in [0.717, 1.165) is 6.42 Å². The van der Waals surface area contributed by atoms with Crippen molar-refractivity contribution < 1.29 is 0 Å². The van der Waals surface area contributed by atoms with Crippen molar-refractivity contribution in [1.29, 1.82) is 5.26 Å². The average Bonchev–Trinajstić information content (AvgIpc) is 2.51. The van der Waals surface area contributed by atoms with Crippen molar-refractivity contribution in [3.63, 3.8) is 0 Å². The number of aromatic nitrogens is 1. The number of hydrogen-bond donors (Lipinski definition) is 1. The zero-order valence-electron chi connectivity index (χ0n) is 9.09. The van der Waals surface area contributed by atoms with Crippen LogP contribution in [0.1, 0.15) is 23.2 Å². The standard InChI is InChI=1S/C13H14N2/c1-9-5-6-13-12(8-9)11(4-3-7-14)10(2)15-13/h5-6,8,15H,3-4H2,1-2H3. The van der Waals surface area contributed by atoms with Gasteiger partial charge in [-0.1, -0.05) is 11.6 Å². The van der Waals surface area contributed by atoms with E-state index >= 15 is 0 Å². The van der Waals surface area contributed by atoms with Crippen molar-refractivity contribution in [3.05, 3.63) is 35.0 Å². The number of hydrogen-bond acceptors (Lipinski definition) is 1. The van der Waals surface area contributed by atoms with Crippen LogP contribution in [0.5, 0.6) is 0 Å². The summed E-state index contributed by atoms with van der Waals surface area (Å²) in [5.41, 5.74) is 4.91. The summed E-state index contributed by atoms with van der Waals surface area (Å²) in [6.07, 6.45) is 1.42. The van der Waals surface area contributed by atoms with Gasteiger partial charge >= 0.3 is 0 Å². The van der Waals surface area contributed by atoms with Crippen LogP contribution in [0.2, 0.25) is 0 Å². The highest BCUT2D eigenvalue weighted by Crippen LogP contribution is 2.24. The van der Waals surface area contributed by atoms with Gasteiger partial charge in [0.25, 0.3) is 0 Å². The van der Waals surface area contributed by atoms with E-state index in [4.69, 9.17) is 5.26 Å². The van der Waals surface area contributed by atoms with E-state index in [2.05, 4.69) is 43.1 Å². The molecule has 0 aliphatic heterocycles. The molecule has 0 bridgehead atoms. The summed E-state index contributed by atoms with van der Waals surface area (Å²) >= 11 is 0. The third-order valence-corrected chi connectivity index (χ3v) is 2.76. The molecule has 0 aliphatic rings. The Morgan fingerprint density at radius 2 is 2.13 bits per heavy atom. The molecule has 1 aromatic carbocycles. The topological polar surface area (TPSA) is 39.6 Å². The predicted molar refractivity (Wildman–Crippen MR) is 61.7 cm³/mol. The molecule has 0 saturated heterocycles. The number of nitrogens with one attached hydrogen (secondary N) is 1. The van der Waals surface area contributed by atoms with Crippen LogP contribution in [-0.4, -0.2) is 4.98 Å². The maximum absolute atomic E-state index is 8.62. The normalized spacial score (nSPS) is 10.5. The third kappa shape index (κ3) is 1.73. The van der Waals surface area contributed by atoms with Gasteiger partial charge in [-0.05, 0) is 38.0 Å². The molecule has 0 fully saturated rings. The van der Waals surface area contributed by atoms with Gasteiger partial charge in [0, 0.05) is 23.0 Å². The fourth-order valence-electron chi connectivity index (χ4n) is 2.00. The summed E-state index contributed by atoms with van der Waals surface area (Å²) in [5, 5.41) is 9.89. The van der Waals surface area contributed by atoms with Gasteiger partial charge in [-0.2, -0.15) is 5.26 Å². The molecule has 0 amide bonds. The maximum Gasteiger partial charge on any atom is 0.0625 e. The molecule has 0 unspecified atom stereocenters. The van der Waals surface area contributed by atoms with Crippen molar-refractivity contribution >= 4 is 10.9 Å². The minimum Gasteiger partial charge on any atom is -0.358 e. The van der Waals surface area contributed by atoms with E-state index in [1.165, 1.54) is 27.7 Å². The Kier molecular flexibility index (Phi) is 2.47. The van der Waals surface area contributed by atoms with Gasteiger partial charge in [0.15, 0.2) is 0 Å². The van der Waals surface area contributed by atoms with Gasteiger partial charge in [0.05, 0.1) is 6.07 Å². The molecule has 15 heavy (non-hydrogen) atoms. The van der Waals surface area contributed by atoms with Crippen LogP contribution in [-0.2, 0) is 6.42 Å². The lowest BCUT2D eigenvalue weighted by atomic mass is 10.0. The summed E-state index contributed by atoms with van der Waals surface area (Å²) in [6, 6.07) is 8.59. The molecule has 1 aromatic heterocycles. The number of aromatic amines is 1. The van der Waals surface area contributed by atoms with E-state index in [-0.39, 0.29) is 0 Å². The highest BCUT2D eigenvalue weighted by Gasteiger charge is 2.07. The van der Waals surface area contributed by atoms with E-state index < -0.39 is 0 Å². The summed E-state index contributed by atoms with van der Waals surface area (Å²) in [5.74, 6) is 0. The van der Waals surface area contributed by atoms with Gasteiger partial charge in [0.2, 0.25) is 0 Å². The number of nitrogens with zero attached hydrogens (tertiary/aromatic N) is 1. The molecule has 2 rings (SSSR count). The van der Waals surface area contributed by atoms with Crippen LogP contribution in [0, 0.1) is 25.2 Å². The largest absolute Gasteiger partial charge is 0.358 e. The van der Waals surface area contributed by atoms with E-state index in [1.807, 2.05) is 0 Å². The summed E-state index contributed by atoms with van der Waals surface area (Å²) in [6.45, 7) is 4.16. The molecular formula is C13H14N2. The molecule has 1 heterocycles. The lowest BCUT2D eigenvalue weighted by Crippen LogP contribution is -1.85. The molecule has 76 valence electrons. The Morgan fingerprint density at radius 3 is 2.87 bits per heavy atom. The fraction of sp³-hybridized carbons (Fsp3) is 0.308. The van der Waals surface area contributed by atoms with E-state index in [0.29, 0.717) is 6.42 Å². The number of nitriles is 1. The lowest BCUT2D eigenvalue weighted by molar-refractivity contribution is 1.00. The summed E-state index contributed by atoms with van der Waals surface area (Å²) in [4.78, 5) is 3.35. The number of aryl methyl sites for hydroxylation is 3. The molecule has 1 N–H and O–H groups in total. The molecule has 0 radical (unpaired) electrons. The molecular weight excluding hydrogens is 184 g/mol. The second-order valence-corrected chi connectivity index (χ2v) is 3.94. The van der Waals surface area contributed by atoms with Crippen LogP contribution >= 0.6 is 0 Å². The first-order chi connectivity index (χ1) is 7.22. The SMILES string of the molecule is Cc1ccc2[nH]c(C)c(CCC#N)c2c1. The maximum atomic E-state index is 8.62. The first-order valence-corrected chi connectivity index (χ1v) is 5.17. The Labute approximate surface area is 89.5 Å². The van der Waals surface area contributed by atoms with Gasteiger partial charge in [-0.25, -0.2) is 0 Å². The third-order valence-electron chi connectivity index (χ3n) is 2.76. The van der Waals surface area contributed by atoms with E-state index in [9.17, 15) is 0 Å². The molecule has 0 aliphatic carbocycles. The van der Waals surface area contributed by atoms with Crippen LogP contribution in [0.25, 0.3) is 10.9 Å². The zero-order chi connectivity index (χ0) is 10.8. The zero-order valence-corrected chi connectivity index (χ0v) is 9.09. The van der Waals surface area contributed by atoms with Gasteiger partial charge in [-0.15, -0.1) is 0 Å². The fourth-order valence-corrected chi connectivity index (χ4v) is 2.00. The summed E-state index contributed by atoms with van der Waals surface area (Å²) < 4.78 is 0. The van der Waals surface area contributed by atoms with Crippen molar-refractivity contribution in [1.82, 2.24) is 4.98 Å². The van der Waals surface area contributed by atoms with Crippen molar-refractivity contribution in [2.75, 3.05) is 0 Å². The molecule has 2 heteroatoms. The number of fused-ring (bicyclic) bond motifs is 1. The second-order valence-electron chi connectivity index (χ2n) is 3.94. The Balaban J connectivity index is 2.56. The van der Waals surface area contributed by atoms with Crippen molar-refractivity contribution in [2.24, 2.45) is 0 Å². The van der Waals surface area contributed by atoms with Crippen LogP contribution < -0.4 is 0 Å². The number of H-pyrrole nitrogens is 1. The molecule has 2 nitrogen and oxygen atoms in total. The average molecular weight is 198 g/mol. The van der Waals surface area contributed by atoms with Gasteiger partial charge in [0.1, 0.15) is 0 Å². The highest BCUT2D eigenvalue weighted by atomic mass is 14.7. The minimum atomic E-state index is 0.585. The minimum absolute atomic E-state index is 0.585. The number of rotatable bonds is 2. The Morgan fingerprint density at radius 1 is 1.33 bits per heavy atom. The number of benzene rings is 1. The van der Waals surface area contributed by atoms with Crippen LogP contribution in [0.15, 0.2) is 18.2 Å². The molecule has 0 spiro atoms. The Hall–Kier alpha value is -1.75.